The van der Waals surface area contributed by atoms with E-state index in [4.69, 9.17) is 4.74 Å². The zero-order chi connectivity index (χ0) is 21.3. The molecule has 1 heterocycles. The van der Waals surface area contributed by atoms with Gasteiger partial charge in [-0.25, -0.2) is 4.98 Å². The number of alkyl halides is 6. The Morgan fingerprint density at radius 3 is 2.07 bits per heavy atom. The SMILES string of the molecule is CC(=O)Oc1c(C)ccnc1C(=O)NC1CC(C(F)(F)F)CC(C(F)(F)F)C1. The zero-order valence-electron chi connectivity index (χ0n) is 14.9. The van der Waals surface area contributed by atoms with Crippen LogP contribution >= 0.6 is 0 Å². The van der Waals surface area contributed by atoms with E-state index in [-0.39, 0.29) is 11.4 Å². The van der Waals surface area contributed by atoms with Crippen LogP contribution in [0, 0.1) is 18.8 Å². The Morgan fingerprint density at radius 1 is 1.07 bits per heavy atom. The van der Waals surface area contributed by atoms with E-state index in [9.17, 15) is 35.9 Å². The first-order valence-electron chi connectivity index (χ1n) is 8.37. The number of nitrogens with one attached hydrogen (secondary N) is 1. The van der Waals surface area contributed by atoms with Crippen LogP contribution in [0.2, 0.25) is 0 Å². The van der Waals surface area contributed by atoms with Gasteiger partial charge in [-0.15, -0.1) is 0 Å². The lowest BCUT2D eigenvalue weighted by Crippen LogP contribution is -2.47. The summed E-state index contributed by atoms with van der Waals surface area (Å²) in [5.74, 6) is -6.32. The van der Waals surface area contributed by atoms with Gasteiger partial charge in [0.15, 0.2) is 11.4 Å². The highest BCUT2D eigenvalue weighted by molar-refractivity contribution is 5.96. The maximum absolute atomic E-state index is 13.0. The first-order chi connectivity index (χ1) is 12.8. The van der Waals surface area contributed by atoms with Gasteiger partial charge in [0, 0.05) is 19.2 Å². The van der Waals surface area contributed by atoms with Crippen LogP contribution in [0.15, 0.2) is 12.3 Å². The Balaban J connectivity index is 2.25. The molecule has 11 heteroatoms. The van der Waals surface area contributed by atoms with Crippen molar-refractivity contribution in [2.45, 2.75) is 51.5 Å². The molecular weight excluding hydrogens is 394 g/mol. The molecule has 1 aliphatic carbocycles. The highest BCUT2D eigenvalue weighted by Crippen LogP contribution is 2.45. The van der Waals surface area contributed by atoms with Gasteiger partial charge < -0.3 is 10.1 Å². The normalized spacial score (nSPS) is 23.2. The van der Waals surface area contributed by atoms with Crippen LogP contribution in [0.4, 0.5) is 26.3 Å². The first-order valence-corrected chi connectivity index (χ1v) is 8.37. The van der Waals surface area contributed by atoms with Crippen molar-refractivity contribution in [2.24, 2.45) is 11.8 Å². The number of hydrogen-bond acceptors (Lipinski definition) is 4. The summed E-state index contributed by atoms with van der Waals surface area (Å²) in [6.07, 6.45) is -10.8. The molecule has 0 spiro atoms. The Bertz CT molecular complexity index is 725. The number of pyridine rings is 1. The Kier molecular flexibility index (Phi) is 6.24. The average Bonchev–Trinajstić information content (AvgIpc) is 2.54. The molecule has 0 aromatic carbocycles. The summed E-state index contributed by atoms with van der Waals surface area (Å²) in [6, 6.07) is 0.0849. The molecule has 0 aliphatic heterocycles. The van der Waals surface area contributed by atoms with Gasteiger partial charge in [-0.3, -0.25) is 9.59 Å². The summed E-state index contributed by atoms with van der Waals surface area (Å²) in [4.78, 5) is 27.4. The maximum atomic E-state index is 13.0. The van der Waals surface area contributed by atoms with E-state index in [1.165, 1.54) is 19.2 Å². The van der Waals surface area contributed by atoms with Crippen LogP contribution in [0.25, 0.3) is 0 Å². The Hall–Kier alpha value is -2.33. The van der Waals surface area contributed by atoms with Crippen molar-refractivity contribution in [2.75, 3.05) is 0 Å². The number of aryl methyl sites for hydroxylation is 1. The standard InChI is InChI=1S/C17H18F6N2O3/c1-8-3-4-24-13(14(8)28-9(2)26)15(27)25-12-6-10(16(18,19)20)5-11(7-12)17(21,22)23/h3-4,10-12H,5-7H2,1-2H3,(H,25,27). The molecule has 5 nitrogen and oxygen atoms in total. The highest BCUT2D eigenvalue weighted by Gasteiger charge is 2.52. The lowest BCUT2D eigenvalue weighted by molar-refractivity contribution is -0.225. The van der Waals surface area contributed by atoms with E-state index in [0.717, 1.165) is 6.92 Å². The molecule has 1 amide bonds. The molecule has 1 saturated carbocycles. The van der Waals surface area contributed by atoms with Crippen molar-refractivity contribution in [3.8, 4) is 5.75 Å². The average molecular weight is 412 g/mol. The number of hydrogen-bond donors (Lipinski definition) is 1. The quantitative estimate of drug-likeness (QED) is 0.603. The number of halogens is 6. The number of rotatable bonds is 3. The third-order valence-electron chi connectivity index (χ3n) is 4.53. The fourth-order valence-electron chi connectivity index (χ4n) is 3.20. The van der Waals surface area contributed by atoms with E-state index in [2.05, 4.69) is 10.3 Å². The summed E-state index contributed by atoms with van der Waals surface area (Å²) in [7, 11) is 0. The second kappa shape index (κ2) is 7.96. The van der Waals surface area contributed by atoms with E-state index in [1.807, 2.05) is 0 Å². The van der Waals surface area contributed by atoms with Gasteiger partial charge in [0.2, 0.25) is 0 Å². The van der Waals surface area contributed by atoms with Gasteiger partial charge in [0.25, 0.3) is 5.91 Å². The van der Waals surface area contributed by atoms with Crippen LogP contribution in [0.5, 0.6) is 5.75 Å². The molecule has 1 N–H and O–H groups in total. The smallest absolute Gasteiger partial charge is 0.391 e. The Labute approximate surface area is 156 Å². The van der Waals surface area contributed by atoms with Crippen molar-refractivity contribution in [1.29, 1.82) is 0 Å². The van der Waals surface area contributed by atoms with Crippen LogP contribution in [-0.2, 0) is 4.79 Å². The predicted molar refractivity (Wildman–Crippen MR) is 84.5 cm³/mol. The van der Waals surface area contributed by atoms with Crippen LogP contribution in [0.3, 0.4) is 0 Å². The molecule has 0 bridgehead atoms. The van der Waals surface area contributed by atoms with Crippen molar-refractivity contribution < 1.29 is 40.7 Å². The van der Waals surface area contributed by atoms with Gasteiger partial charge in [-0.2, -0.15) is 26.3 Å². The fourth-order valence-corrected chi connectivity index (χ4v) is 3.20. The summed E-state index contributed by atoms with van der Waals surface area (Å²) in [6.45, 7) is 2.59. The van der Waals surface area contributed by atoms with E-state index in [1.54, 1.807) is 0 Å². The summed E-state index contributed by atoms with van der Waals surface area (Å²) in [5, 5.41) is 2.19. The minimum atomic E-state index is -4.81. The molecular formula is C17H18F6N2O3. The molecule has 28 heavy (non-hydrogen) atoms. The molecule has 1 aromatic rings. The predicted octanol–water partition coefficient (Wildman–Crippen LogP) is 3.95. The zero-order valence-corrected chi connectivity index (χ0v) is 14.9. The van der Waals surface area contributed by atoms with Crippen molar-refractivity contribution in [3.63, 3.8) is 0 Å². The lowest BCUT2D eigenvalue weighted by Gasteiger charge is -2.36. The van der Waals surface area contributed by atoms with Gasteiger partial charge in [0.1, 0.15) is 0 Å². The van der Waals surface area contributed by atoms with Crippen molar-refractivity contribution >= 4 is 11.9 Å². The minimum absolute atomic E-state index is 0.192. The molecule has 2 rings (SSSR count). The number of amides is 1. The number of esters is 1. The molecule has 0 radical (unpaired) electrons. The minimum Gasteiger partial charge on any atom is -0.424 e. The Morgan fingerprint density at radius 2 is 1.61 bits per heavy atom. The van der Waals surface area contributed by atoms with E-state index < -0.39 is 61.4 Å². The van der Waals surface area contributed by atoms with Gasteiger partial charge in [0.05, 0.1) is 11.8 Å². The molecule has 1 fully saturated rings. The second-order valence-corrected chi connectivity index (χ2v) is 6.75. The van der Waals surface area contributed by atoms with E-state index in [0.29, 0.717) is 5.56 Å². The summed E-state index contributed by atoms with van der Waals surface area (Å²) >= 11 is 0. The van der Waals surface area contributed by atoms with Crippen molar-refractivity contribution in [3.05, 3.63) is 23.5 Å². The second-order valence-electron chi connectivity index (χ2n) is 6.75. The highest BCUT2D eigenvalue weighted by atomic mass is 19.4. The van der Waals surface area contributed by atoms with Gasteiger partial charge in [-0.05, 0) is 37.8 Å². The number of carbonyl (C=O) groups is 2. The molecule has 0 saturated heterocycles. The monoisotopic (exact) mass is 412 g/mol. The fraction of sp³-hybridized carbons (Fsp3) is 0.588. The number of nitrogens with zero attached hydrogens (tertiary/aromatic N) is 1. The lowest BCUT2D eigenvalue weighted by atomic mass is 9.77. The molecule has 2 atom stereocenters. The number of aromatic nitrogens is 1. The third kappa shape index (κ3) is 5.35. The van der Waals surface area contributed by atoms with Crippen LogP contribution in [0.1, 0.15) is 42.2 Å². The summed E-state index contributed by atoms with van der Waals surface area (Å²) < 4.78 is 83.2. The molecule has 1 aliphatic rings. The van der Waals surface area contributed by atoms with Gasteiger partial charge in [-0.1, -0.05) is 0 Å². The largest absolute Gasteiger partial charge is 0.424 e. The molecule has 1 aromatic heterocycles. The van der Waals surface area contributed by atoms with Gasteiger partial charge >= 0.3 is 18.3 Å². The topological polar surface area (TPSA) is 68.3 Å². The molecule has 156 valence electrons. The van der Waals surface area contributed by atoms with Crippen LogP contribution in [-0.4, -0.2) is 35.3 Å². The van der Waals surface area contributed by atoms with Crippen LogP contribution < -0.4 is 10.1 Å². The maximum Gasteiger partial charge on any atom is 0.391 e. The summed E-state index contributed by atoms with van der Waals surface area (Å²) in [5.41, 5.74) is -0.0202. The number of ether oxygens (including phenoxy) is 1. The first kappa shape index (κ1) is 22.0. The van der Waals surface area contributed by atoms with E-state index >= 15 is 0 Å². The molecule has 2 unspecified atom stereocenters. The number of carbonyl (C=O) groups excluding carboxylic acids is 2. The third-order valence-corrected chi connectivity index (χ3v) is 4.53. The van der Waals surface area contributed by atoms with Crippen molar-refractivity contribution in [1.82, 2.24) is 10.3 Å².